The van der Waals surface area contributed by atoms with Gasteiger partial charge in [-0.1, -0.05) is 46.6 Å². The molecule has 27 heavy (non-hydrogen) atoms. The van der Waals surface area contributed by atoms with Gasteiger partial charge in [0.25, 0.3) is 5.91 Å². The Morgan fingerprint density at radius 2 is 1.74 bits per heavy atom. The number of amides is 1. The molecule has 1 aromatic heterocycles. The van der Waals surface area contributed by atoms with E-state index < -0.39 is 6.10 Å². The Hall–Kier alpha value is -2.79. The fraction of sp³-hybridized carbons (Fsp3) is 0.238. The van der Waals surface area contributed by atoms with E-state index in [1.165, 1.54) is 0 Å². The highest BCUT2D eigenvalue weighted by Crippen LogP contribution is 2.27. The number of aromatic nitrogens is 1. The fourth-order valence-electron chi connectivity index (χ4n) is 2.65. The molecule has 2 aromatic carbocycles. The summed E-state index contributed by atoms with van der Waals surface area (Å²) in [6, 6.07) is 13.2. The van der Waals surface area contributed by atoms with Gasteiger partial charge in [0, 0.05) is 16.7 Å². The van der Waals surface area contributed by atoms with E-state index in [9.17, 15) is 4.79 Å². The summed E-state index contributed by atoms with van der Waals surface area (Å²) in [6.07, 6.45) is -0.710. The van der Waals surface area contributed by atoms with Crippen LogP contribution in [0.25, 0.3) is 11.3 Å². The van der Waals surface area contributed by atoms with E-state index in [1.807, 2.05) is 57.2 Å². The van der Waals surface area contributed by atoms with Crippen molar-refractivity contribution in [3.63, 3.8) is 0 Å². The molecule has 3 rings (SSSR count). The Kier molecular flexibility index (Phi) is 5.51. The van der Waals surface area contributed by atoms with Gasteiger partial charge in [0.15, 0.2) is 6.10 Å². The number of halogens is 1. The molecule has 6 heteroatoms. The standard InChI is InChI=1S/C21H21ClN2O3/c1-12-5-7-16(8-6-12)18-11-19(27-24-18)23-21(25)15(4)26-17-9-13(2)20(22)14(3)10-17/h5-11,15H,1-4H3,(H,23,25). The first-order valence-electron chi connectivity index (χ1n) is 8.61. The monoisotopic (exact) mass is 384 g/mol. The molecular weight excluding hydrogens is 364 g/mol. The normalized spacial score (nSPS) is 11.9. The Balaban J connectivity index is 1.66. The first-order chi connectivity index (χ1) is 12.8. The first kappa shape index (κ1) is 19.0. The highest BCUT2D eigenvalue weighted by molar-refractivity contribution is 6.32. The first-order valence-corrected chi connectivity index (χ1v) is 8.99. The highest BCUT2D eigenvalue weighted by atomic mass is 35.5. The Morgan fingerprint density at radius 1 is 1.11 bits per heavy atom. The van der Waals surface area contributed by atoms with Crippen LogP contribution in [0, 0.1) is 20.8 Å². The third-order valence-corrected chi connectivity index (χ3v) is 4.79. The SMILES string of the molecule is Cc1ccc(-c2cc(NC(=O)C(C)Oc3cc(C)c(Cl)c(C)c3)on2)cc1. The molecule has 3 aromatic rings. The van der Waals surface area contributed by atoms with E-state index in [4.69, 9.17) is 20.9 Å². The van der Waals surface area contributed by atoms with E-state index >= 15 is 0 Å². The van der Waals surface area contributed by atoms with E-state index in [0.29, 0.717) is 16.5 Å². The maximum Gasteiger partial charge on any atom is 0.267 e. The predicted molar refractivity (Wildman–Crippen MR) is 106 cm³/mol. The number of benzene rings is 2. The second-order valence-corrected chi connectivity index (χ2v) is 6.94. The number of carbonyl (C=O) groups excluding carboxylic acids is 1. The number of carbonyl (C=O) groups is 1. The molecule has 0 saturated carbocycles. The van der Waals surface area contributed by atoms with Crippen molar-refractivity contribution in [3.8, 4) is 17.0 Å². The summed E-state index contributed by atoms with van der Waals surface area (Å²) in [5, 5.41) is 7.38. The van der Waals surface area contributed by atoms with Crippen molar-refractivity contribution < 1.29 is 14.1 Å². The van der Waals surface area contributed by atoms with E-state index in [1.54, 1.807) is 13.0 Å². The quantitative estimate of drug-likeness (QED) is 0.646. The Bertz CT molecular complexity index is 941. The third kappa shape index (κ3) is 4.49. The summed E-state index contributed by atoms with van der Waals surface area (Å²) in [5.41, 5.74) is 4.54. The lowest BCUT2D eigenvalue weighted by Crippen LogP contribution is -2.30. The molecule has 1 unspecified atom stereocenters. The number of hydrogen-bond donors (Lipinski definition) is 1. The predicted octanol–water partition coefficient (Wildman–Crippen LogP) is 5.33. The van der Waals surface area contributed by atoms with Crippen molar-refractivity contribution in [3.05, 3.63) is 64.2 Å². The summed E-state index contributed by atoms with van der Waals surface area (Å²) >= 11 is 6.16. The molecule has 1 atom stereocenters. The van der Waals surface area contributed by atoms with Crippen molar-refractivity contribution in [2.24, 2.45) is 0 Å². The van der Waals surface area contributed by atoms with Gasteiger partial charge in [0.1, 0.15) is 11.4 Å². The van der Waals surface area contributed by atoms with Gasteiger partial charge >= 0.3 is 0 Å². The number of hydrogen-bond acceptors (Lipinski definition) is 4. The van der Waals surface area contributed by atoms with Crippen LogP contribution >= 0.6 is 11.6 Å². The van der Waals surface area contributed by atoms with E-state index in [2.05, 4.69) is 10.5 Å². The minimum atomic E-state index is -0.710. The third-order valence-electron chi connectivity index (χ3n) is 4.20. The lowest BCUT2D eigenvalue weighted by atomic mass is 10.1. The topological polar surface area (TPSA) is 64.4 Å². The van der Waals surface area contributed by atoms with Crippen molar-refractivity contribution in [2.45, 2.75) is 33.8 Å². The van der Waals surface area contributed by atoms with Crippen LogP contribution in [0.4, 0.5) is 5.88 Å². The second-order valence-electron chi connectivity index (χ2n) is 6.56. The van der Waals surface area contributed by atoms with Gasteiger partial charge in [-0.25, -0.2) is 0 Å². The van der Waals surface area contributed by atoms with Gasteiger partial charge in [-0.05, 0) is 51.0 Å². The summed E-state index contributed by atoms with van der Waals surface area (Å²) in [6.45, 7) is 7.48. The van der Waals surface area contributed by atoms with Crippen molar-refractivity contribution in [1.29, 1.82) is 0 Å². The lowest BCUT2D eigenvalue weighted by Gasteiger charge is -2.15. The number of aryl methyl sites for hydroxylation is 3. The smallest absolute Gasteiger partial charge is 0.267 e. The summed E-state index contributed by atoms with van der Waals surface area (Å²) in [7, 11) is 0. The Labute approximate surface area is 163 Å². The van der Waals surface area contributed by atoms with Crippen LogP contribution < -0.4 is 10.1 Å². The molecule has 0 aliphatic heterocycles. The maximum atomic E-state index is 12.4. The van der Waals surface area contributed by atoms with E-state index in [-0.39, 0.29) is 11.8 Å². The van der Waals surface area contributed by atoms with Crippen LogP contribution in [-0.2, 0) is 4.79 Å². The zero-order chi connectivity index (χ0) is 19.6. The van der Waals surface area contributed by atoms with Gasteiger partial charge < -0.3 is 9.26 Å². The van der Waals surface area contributed by atoms with Crippen LogP contribution in [0.2, 0.25) is 5.02 Å². The highest BCUT2D eigenvalue weighted by Gasteiger charge is 2.18. The zero-order valence-electron chi connectivity index (χ0n) is 15.7. The number of anilines is 1. The Morgan fingerprint density at radius 3 is 2.37 bits per heavy atom. The van der Waals surface area contributed by atoms with Crippen molar-refractivity contribution >= 4 is 23.4 Å². The van der Waals surface area contributed by atoms with Gasteiger partial charge in [0.05, 0.1) is 0 Å². The second kappa shape index (κ2) is 7.84. The molecule has 0 fully saturated rings. The van der Waals surface area contributed by atoms with Crippen LogP contribution in [0.1, 0.15) is 23.6 Å². The minimum absolute atomic E-state index is 0.273. The summed E-state index contributed by atoms with van der Waals surface area (Å²) < 4.78 is 11.0. The molecule has 0 bridgehead atoms. The number of nitrogens with zero attached hydrogens (tertiary/aromatic N) is 1. The van der Waals surface area contributed by atoms with Crippen LogP contribution in [-0.4, -0.2) is 17.2 Å². The molecular formula is C21H21ClN2O3. The number of ether oxygens (including phenoxy) is 1. The van der Waals surface area contributed by atoms with Gasteiger partial charge in [0.2, 0.25) is 5.88 Å². The largest absolute Gasteiger partial charge is 0.481 e. The van der Waals surface area contributed by atoms with E-state index in [0.717, 1.165) is 22.3 Å². The number of nitrogens with one attached hydrogen (secondary N) is 1. The summed E-state index contributed by atoms with van der Waals surface area (Å²) in [5.74, 6) is 0.538. The molecule has 140 valence electrons. The average molecular weight is 385 g/mol. The molecule has 0 aliphatic carbocycles. The minimum Gasteiger partial charge on any atom is -0.481 e. The van der Waals surface area contributed by atoms with Crippen molar-refractivity contribution in [1.82, 2.24) is 5.16 Å². The molecule has 0 radical (unpaired) electrons. The van der Waals surface area contributed by atoms with Gasteiger partial charge in [-0.2, -0.15) is 0 Å². The van der Waals surface area contributed by atoms with Crippen LogP contribution in [0.15, 0.2) is 47.0 Å². The number of rotatable bonds is 5. The fourth-order valence-corrected chi connectivity index (χ4v) is 2.76. The van der Waals surface area contributed by atoms with Crippen LogP contribution in [0.5, 0.6) is 5.75 Å². The molecule has 0 saturated heterocycles. The molecule has 5 nitrogen and oxygen atoms in total. The zero-order valence-corrected chi connectivity index (χ0v) is 16.4. The van der Waals surface area contributed by atoms with Gasteiger partial charge in [-0.15, -0.1) is 0 Å². The molecule has 1 heterocycles. The lowest BCUT2D eigenvalue weighted by molar-refractivity contribution is -0.122. The molecule has 0 aliphatic rings. The maximum absolute atomic E-state index is 12.4. The van der Waals surface area contributed by atoms with Crippen LogP contribution in [0.3, 0.4) is 0 Å². The molecule has 1 N–H and O–H groups in total. The van der Waals surface area contributed by atoms with Crippen molar-refractivity contribution in [2.75, 3.05) is 5.32 Å². The molecule has 1 amide bonds. The van der Waals surface area contributed by atoms with Gasteiger partial charge in [-0.3, -0.25) is 10.1 Å². The molecule has 0 spiro atoms. The summed E-state index contributed by atoms with van der Waals surface area (Å²) in [4.78, 5) is 12.4. The average Bonchev–Trinajstić information content (AvgIpc) is 3.08.